The predicted molar refractivity (Wildman–Crippen MR) is 85.5 cm³/mol. The number of ether oxygens (including phenoxy) is 2. The molecule has 0 saturated carbocycles. The SMILES string of the molecule is CC(NS(C)(=O)=O)C(=O)NCC1(c2ccc(Cl)cc2)OCCO1. The predicted octanol–water partition coefficient (Wildman–Crippen LogP) is 0.594. The number of sulfonamides is 1. The van der Waals surface area contributed by atoms with Crippen LogP contribution >= 0.6 is 11.6 Å². The van der Waals surface area contributed by atoms with Crippen molar-refractivity contribution in [3.05, 3.63) is 34.9 Å². The molecule has 1 aliphatic heterocycles. The lowest BCUT2D eigenvalue weighted by molar-refractivity contribution is -0.165. The van der Waals surface area contributed by atoms with Gasteiger partial charge in [-0.05, 0) is 19.1 Å². The topological polar surface area (TPSA) is 93.7 Å². The fourth-order valence-electron chi connectivity index (χ4n) is 2.26. The summed E-state index contributed by atoms with van der Waals surface area (Å²) in [6.45, 7) is 2.32. The third-order valence-electron chi connectivity index (χ3n) is 3.32. The summed E-state index contributed by atoms with van der Waals surface area (Å²) in [7, 11) is -3.47. The maximum atomic E-state index is 12.0. The van der Waals surface area contributed by atoms with E-state index in [1.807, 2.05) is 0 Å². The van der Waals surface area contributed by atoms with E-state index in [1.165, 1.54) is 6.92 Å². The van der Waals surface area contributed by atoms with Crippen LogP contribution in [0.1, 0.15) is 12.5 Å². The van der Waals surface area contributed by atoms with E-state index in [4.69, 9.17) is 21.1 Å². The average Bonchev–Trinajstić information content (AvgIpc) is 2.93. The van der Waals surface area contributed by atoms with Gasteiger partial charge in [-0.2, -0.15) is 0 Å². The fraction of sp³-hybridized carbons (Fsp3) is 0.500. The molecule has 1 amide bonds. The first-order valence-electron chi connectivity index (χ1n) is 7.01. The molecule has 2 N–H and O–H groups in total. The molecule has 1 fully saturated rings. The molecular formula is C14H19ClN2O5S. The Morgan fingerprint density at radius 2 is 1.87 bits per heavy atom. The summed E-state index contributed by atoms with van der Waals surface area (Å²) in [5.41, 5.74) is 0.725. The maximum Gasteiger partial charge on any atom is 0.238 e. The van der Waals surface area contributed by atoms with Gasteiger partial charge in [0.1, 0.15) is 0 Å². The van der Waals surface area contributed by atoms with Gasteiger partial charge >= 0.3 is 0 Å². The van der Waals surface area contributed by atoms with Gasteiger partial charge in [0.2, 0.25) is 21.7 Å². The Balaban J connectivity index is 2.06. The van der Waals surface area contributed by atoms with Crippen molar-refractivity contribution < 1.29 is 22.7 Å². The molecule has 0 spiro atoms. The zero-order chi connectivity index (χ0) is 17.1. The first-order chi connectivity index (χ1) is 10.7. The molecule has 1 aliphatic rings. The Labute approximate surface area is 140 Å². The lowest BCUT2D eigenvalue weighted by atomic mass is 10.1. The molecule has 128 valence electrons. The lowest BCUT2D eigenvalue weighted by Gasteiger charge is -2.28. The molecule has 1 aromatic carbocycles. The second-order valence-electron chi connectivity index (χ2n) is 5.29. The molecule has 1 unspecified atom stereocenters. The Hall–Kier alpha value is -1.19. The zero-order valence-corrected chi connectivity index (χ0v) is 14.4. The van der Waals surface area contributed by atoms with Gasteiger partial charge in [0, 0.05) is 10.6 Å². The van der Waals surface area contributed by atoms with Crippen LogP contribution < -0.4 is 10.0 Å². The van der Waals surface area contributed by atoms with Crippen LogP contribution in [0, 0.1) is 0 Å². The van der Waals surface area contributed by atoms with Crippen molar-refractivity contribution in [2.24, 2.45) is 0 Å². The zero-order valence-electron chi connectivity index (χ0n) is 12.8. The van der Waals surface area contributed by atoms with Gasteiger partial charge in [-0.3, -0.25) is 4.79 Å². The van der Waals surface area contributed by atoms with Gasteiger partial charge in [0.15, 0.2) is 0 Å². The second kappa shape index (κ2) is 7.14. The summed E-state index contributed by atoms with van der Waals surface area (Å²) in [4.78, 5) is 12.0. The van der Waals surface area contributed by atoms with E-state index in [9.17, 15) is 13.2 Å². The number of benzene rings is 1. The van der Waals surface area contributed by atoms with Crippen LogP contribution in [0.2, 0.25) is 5.02 Å². The minimum absolute atomic E-state index is 0.0588. The van der Waals surface area contributed by atoms with Crippen LogP contribution in [0.15, 0.2) is 24.3 Å². The highest BCUT2D eigenvalue weighted by atomic mass is 35.5. The highest BCUT2D eigenvalue weighted by Crippen LogP contribution is 2.31. The van der Waals surface area contributed by atoms with Crippen molar-refractivity contribution in [1.82, 2.24) is 10.0 Å². The molecule has 23 heavy (non-hydrogen) atoms. The third kappa shape index (κ3) is 4.89. The van der Waals surface area contributed by atoms with Crippen LogP contribution in [0.3, 0.4) is 0 Å². The summed E-state index contributed by atoms with van der Waals surface area (Å²) in [6.07, 6.45) is 0.995. The fourth-order valence-corrected chi connectivity index (χ4v) is 3.14. The summed E-state index contributed by atoms with van der Waals surface area (Å²) >= 11 is 5.88. The Kier molecular flexibility index (Phi) is 5.64. The van der Waals surface area contributed by atoms with E-state index >= 15 is 0 Å². The first-order valence-corrected chi connectivity index (χ1v) is 9.28. The summed E-state index contributed by atoms with van der Waals surface area (Å²) in [5.74, 6) is -1.56. The number of nitrogens with one attached hydrogen (secondary N) is 2. The quantitative estimate of drug-likeness (QED) is 0.772. The molecule has 1 atom stereocenters. The summed E-state index contributed by atoms with van der Waals surface area (Å²) in [6, 6.07) is 6.04. The molecule has 0 aliphatic carbocycles. The van der Waals surface area contributed by atoms with Gasteiger partial charge < -0.3 is 14.8 Å². The minimum atomic E-state index is -3.47. The van der Waals surface area contributed by atoms with Crippen molar-refractivity contribution in [3.8, 4) is 0 Å². The molecule has 0 radical (unpaired) electrons. The summed E-state index contributed by atoms with van der Waals surface area (Å²) < 4.78 is 35.9. The first kappa shape index (κ1) is 18.2. The number of carbonyl (C=O) groups is 1. The minimum Gasteiger partial charge on any atom is -0.349 e. The van der Waals surface area contributed by atoms with Crippen molar-refractivity contribution in [2.75, 3.05) is 26.0 Å². The highest BCUT2D eigenvalue weighted by molar-refractivity contribution is 7.88. The molecule has 1 aromatic rings. The molecule has 7 nitrogen and oxygen atoms in total. The summed E-state index contributed by atoms with van der Waals surface area (Å²) in [5, 5.41) is 3.23. The van der Waals surface area contributed by atoms with Gasteiger partial charge in [-0.15, -0.1) is 0 Å². The molecule has 0 bridgehead atoms. The van der Waals surface area contributed by atoms with E-state index in [0.717, 1.165) is 11.8 Å². The number of hydrogen-bond donors (Lipinski definition) is 2. The van der Waals surface area contributed by atoms with E-state index in [0.29, 0.717) is 18.2 Å². The van der Waals surface area contributed by atoms with Gasteiger partial charge in [-0.1, -0.05) is 23.7 Å². The standard InChI is InChI=1S/C14H19ClN2O5S/c1-10(17-23(2,19)20)13(18)16-9-14(21-7-8-22-14)11-3-5-12(15)6-4-11/h3-6,10,17H,7-9H2,1-2H3,(H,16,18). The largest absolute Gasteiger partial charge is 0.349 e. The molecule has 9 heteroatoms. The molecule has 1 saturated heterocycles. The smallest absolute Gasteiger partial charge is 0.238 e. The Bertz CT molecular complexity index is 656. The highest BCUT2D eigenvalue weighted by Gasteiger charge is 2.39. The Morgan fingerprint density at radius 3 is 2.39 bits per heavy atom. The van der Waals surface area contributed by atoms with E-state index < -0.39 is 27.8 Å². The van der Waals surface area contributed by atoms with Crippen molar-refractivity contribution in [1.29, 1.82) is 0 Å². The monoisotopic (exact) mass is 362 g/mol. The van der Waals surface area contributed by atoms with Crippen LogP contribution in [-0.2, 0) is 30.1 Å². The molecule has 1 heterocycles. The van der Waals surface area contributed by atoms with Crippen LogP contribution in [0.5, 0.6) is 0 Å². The van der Waals surface area contributed by atoms with Gasteiger partial charge in [0.25, 0.3) is 0 Å². The van der Waals surface area contributed by atoms with Crippen molar-refractivity contribution in [2.45, 2.75) is 18.8 Å². The van der Waals surface area contributed by atoms with Gasteiger partial charge in [-0.25, -0.2) is 13.1 Å². The normalized spacial score (nSPS) is 18.6. The lowest BCUT2D eigenvalue weighted by Crippen LogP contribution is -2.49. The van der Waals surface area contributed by atoms with Gasteiger partial charge in [0.05, 0.1) is 32.1 Å². The average molecular weight is 363 g/mol. The maximum absolute atomic E-state index is 12.0. The third-order valence-corrected chi connectivity index (χ3v) is 4.35. The van der Waals surface area contributed by atoms with E-state index in [2.05, 4.69) is 10.0 Å². The van der Waals surface area contributed by atoms with Crippen LogP contribution in [0.25, 0.3) is 0 Å². The van der Waals surface area contributed by atoms with Crippen molar-refractivity contribution >= 4 is 27.5 Å². The number of hydrogen-bond acceptors (Lipinski definition) is 5. The van der Waals surface area contributed by atoms with E-state index in [1.54, 1.807) is 24.3 Å². The number of amides is 1. The number of rotatable bonds is 6. The van der Waals surface area contributed by atoms with Crippen molar-refractivity contribution in [3.63, 3.8) is 0 Å². The van der Waals surface area contributed by atoms with E-state index in [-0.39, 0.29) is 6.54 Å². The molecule has 0 aromatic heterocycles. The number of carbonyl (C=O) groups excluding carboxylic acids is 1. The molecule has 2 rings (SSSR count). The van der Waals surface area contributed by atoms with Crippen LogP contribution in [0.4, 0.5) is 0 Å². The molecular weight excluding hydrogens is 344 g/mol. The number of halogens is 1. The van der Waals surface area contributed by atoms with Crippen LogP contribution in [-0.4, -0.2) is 46.4 Å². The second-order valence-corrected chi connectivity index (χ2v) is 7.50. The Morgan fingerprint density at radius 1 is 1.30 bits per heavy atom.